The van der Waals surface area contributed by atoms with Crippen molar-refractivity contribution in [2.75, 3.05) is 19.8 Å². The number of aromatic nitrogens is 4. The molecule has 3 heterocycles. The number of carbonyl (C=O) groups excluding carboxylic acids is 1. The fourth-order valence-electron chi connectivity index (χ4n) is 2.45. The Balaban J connectivity index is 1.99. The minimum absolute atomic E-state index is 0.181. The lowest BCUT2D eigenvalue weighted by Crippen LogP contribution is -2.27. The Labute approximate surface area is 120 Å². The molecule has 0 aromatic carbocycles. The first-order valence-corrected chi connectivity index (χ1v) is 6.94. The Hall–Kier alpha value is -2.22. The van der Waals surface area contributed by atoms with Crippen LogP contribution >= 0.6 is 0 Å². The molecule has 1 aliphatic rings. The van der Waals surface area contributed by atoms with Crippen molar-refractivity contribution in [3.63, 3.8) is 0 Å². The van der Waals surface area contributed by atoms with Crippen molar-refractivity contribution in [2.45, 2.75) is 25.7 Å². The van der Waals surface area contributed by atoms with Gasteiger partial charge in [0.25, 0.3) is 0 Å². The number of hydrogen-bond acceptors (Lipinski definition) is 6. The lowest BCUT2D eigenvalue weighted by molar-refractivity contribution is 0.0515. The summed E-state index contributed by atoms with van der Waals surface area (Å²) in [5.41, 5.74) is 0.451. The molecule has 21 heavy (non-hydrogen) atoms. The maximum atomic E-state index is 12.2. The predicted octanol–water partition coefficient (Wildman–Crippen LogP) is 0.488. The number of carbonyl (C=O) groups is 1. The van der Waals surface area contributed by atoms with Gasteiger partial charge in [-0.3, -0.25) is 9.89 Å². The zero-order chi connectivity index (χ0) is 14.8. The van der Waals surface area contributed by atoms with Gasteiger partial charge in [-0.2, -0.15) is 4.52 Å². The van der Waals surface area contributed by atoms with Crippen LogP contribution in [0.2, 0.25) is 0 Å². The van der Waals surface area contributed by atoms with Gasteiger partial charge in [0.05, 0.1) is 6.61 Å². The second-order valence-electron chi connectivity index (χ2n) is 4.87. The molecule has 8 nitrogen and oxygen atoms in total. The van der Waals surface area contributed by atoms with Crippen LogP contribution in [0.25, 0.3) is 5.65 Å². The number of nitrogens with one attached hydrogen (secondary N) is 1. The van der Waals surface area contributed by atoms with Crippen molar-refractivity contribution in [2.24, 2.45) is 0 Å². The van der Waals surface area contributed by atoms with Crippen molar-refractivity contribution < 1.29 is 14.3 Å². The predicted molar refractivity (Wildman–Crippen MR) is 72.4 cm³/mol. The highest BCUT2D eigenvalue weighted by Crippen LogP contribution is 2.25. The van der Waals surface area contributed by atoms with Gasteiger partial charge in [-0.25, -0.2) is 4.79 Å². The number of esters is 1. The van der Waals surface area contributed by atoms with E-state index in [1.54, 1.807) is 13.0 Å². The van der Waals surface area contributed by atoms with Crippen LogP contribution in [0.1, 0.15) is 41.9 Å². The van der Waals surface area contributed by atoms with Gasteiger partial charge in [-0.05, 0) is 19.8 Å². The average Bonchev–Trinajstić information content (AvgIpc) is 2.94. The van der Waals surface area contributed by atoms with E-state index in [0.717, 1.165) is 18.5 Å². The van der Waals surface area contributed by atoms with Crippen LogP contribution in [0.15, 0.2) is 10.9 Å². The van der Waals surface area contributed by atoms with Crippen molar-refractivity contribution in [1.29, 1.82) is 0 Å². The zero-order valence-electron chi connectivity index (χ0n) is 11.7. The Kier molecular flexibility index (Phi) is 3.70. The van der Waals surface area contributed by atoms with E-state index in [9.17, 15) is 9.59 Å². The van der Waals surface area contributed by atoms with E-state index in [4.69, 9.17) is 9.47 Å². The van der Waals surface area contributed by atoms with Crippen LogP contribution in [0.3, 0.4) is 0 Å². The molecule has 1 fully saturated rings. The number of nitrogens with zero attached hydrogens (tertiary/aromatic N) is 3. The standard InChI is InChI=1S/C13H16N4O4/c1-2-21-13(19)11-12(18)17-10(14-15-11)7-9(16-17)8-3-5-20-6-4-8/h7-8,16H,2-6H2,1H3. The third-order valence-corrected chi connectivity index (χ3v) is 3.54. The van der Waals surface area contributed by atoms with E-state index in [1.807, 2.05) is 0 Å². The van der Waals surface area contributed by atoms with Crippen molar-refractivity contribution >= 4 is 11.6 Å². The summed E-state index contributed by atoms with van der Waals surface area (Å²) >= 11 is 0. The van der Waals surface area contributed by atoms with Crippen molar-refractivity contribution in [3.8, 4) is 0 Å². The van der Waals surface area contributed by atoms with Crippen LogP contribution in [0.5, 0.6) is 0 Å². The fraction of sp³-hybridized carbons (Fsp3) is 0.538. The Morgan fingerprint density at radius 2 is 2.24 bits per heavy atom. The van der Waals surface area contributed by atoms with Crippen LogP contribution in [0, 0.1) is 0 Å². The van der Waals surface area contributed by atoms with Gasteiger partial charge in [0, 0.05) is 30.9 Å². The summed E-state index contributed by atoms with van der Waals surface area (Å²) in [7, 11) is 0. The summed E-state index contributed by atoms with van der Waals surface area (Å²) in [5, 5.41) is 10.6. The monoisotopic (exact) mass is 292 g/mol. The van der Waals surface area contributed by atoms with Gasteiger partial charge in [-0.1, -0.05) is 0 Å². The van der Waals surface area contributed by atoms with Gasteiger partial charge >= 0.3 is 11.5 Å². The zero-order valence-corrected chi connectivity index (χ0v) is 11.7. The van der Waals surface area contributed by atoms with Gasteiger partial charge in [0.15, 0.2) is 5.65 Å². The molecule has 3 rings (SSSR count). The van der Waals surface area contributed by atoms with E-state index in [1.165, 1.54) is 4.52 Å². The summed E-state index contributed by atoms with van der Waals surface area (Å²) in [6.45, 7) is 3.25. The summed E-state index contributed by atoms with van der Waals surface area (Å²) < 4.78 is 11.4. The molecule has 0 aliphatic carbocycles. The number of ether oxygens (including phenoxy) is 2. The number of hydrogen-bond donors (Lipinski definition) is 1. The molecule has 8 heteroatoms. The van der Waals surface area contributed by atoms with Crippen LogP contribution in [-0.4, -0.2) is 45.6 Å². The van der Waals surface area contributed by atoms with Crippen LogP contribution < -0.4 is 5.56 Å². The molecule has 0 saturated carbocycles. The third kappa shape index (κ3) is 2.54. The number of aromatic amines is 1. The molecular weight excluding hydrogens is 276 g/mol. The lowest BCUT2D eigenvalue weighted by Gasteiger charge is -2.20. The summed E-state index contributed by atoms with van der Waals surface area (Å²) in [6.07, 6.45) is 1.78. The molecule has 1 N–H and O–H groups in total. The van der Waals surface area contributed by atoms with E-state index in [0.29, 0.717) is 24.8 Å². The second-order valence-corrected chi connectivity index (χ2v) is 4.87. The van der Waals surface area contributed by atoms with Crippen LogP contribution in [-0.2, 0) is 9.47 Å². The average molecular weight is 292 g/mol. The Morgan fingerprint density at radius 3 is 2.95 bits per heavy atom. The molecule has 2 aromatic heterocycles. The summed E-state index contributed by atoms with van der Waals surface area (Å²) in [6, 6.07) is 1.79. The summed E-state index contributed by atoms with van der Waals surface area (Å²) in [5.74, 6) is -0.461. The smallest absolute Gasteiger partial charge is 0.364 e. The molecular formula is C13H16N4O4. The molecule has 1 aliphatic heterocycles. The number of rotatable bonds is 3. The molecule has 2 aromatic rings. The first-order chi connectivity index (χ1) is 10.2. The normalized spacial score (nSPS) is 16.2. The largest absolute Gasteiger partial charge is 0.461 e. The summed E-state index contributed by atoms with van der Waals surface area (Å²) in [4.78, 5) is 23.9. The third-order valence-electron chi connectivity index (χ3n) is 3.54. The van der Waals surface area contributed by atoms with Crippen molar-refractivity contribution in [1.82, 2.24) is 19.8 Å². The minimum Gasteiger partial charge on any atom is -0.461 e. The fourth-order valence-corrected chi connectivity index (χ4v) is 2.45. The molecule has 0 bridgehead atoms. The van der Waals surface area contributed by atoms with Crippen LogP contribution in [0.4, 0.5) is 0 Å². The first kappa shape index (κ1) is 13.7. The second kappa shape index (κ2) is 5.65. The number of H-pyrrole nitrogens is 1. The Morgan fingerprint density at radius 1 is 1.48 bits per heavy atom. The molecule has 0 spiro atoms. The molecule has 0 amide bonds. The SMILES string of the molecule is CCOC(=O)c1nnc2cc(C3CCOCC3)[nH]n2c1=O. The molecule has 112 valence electrons. The van der Waals surface area contributed by atoms with E-state index < -0.39 is 11.5 Å². The quantitative estimate of drug-likeness (QED) is 0.827. The topological polar surface area (TPSA) is 98.6 Å². The lowest BCUT2D eigenvalue weighted by atomic mass is 9.97. The van der Waals surface area contributed by atoms with Gasteiger partial charge in [-0.15, -0.1) is 10.2 Å². The van der Waals surface area contributed by atoms with E-state index in [-0.39, 0.29) is 12.3 Å². The van der Waals surface area contributed by atoms with Crippen molar-refractivity contribution in [3.05, 3.63) is 27.8 Å². The Bertz CT molecular complexity index is 715. The number of fused-ring (bicyclic) bond motifs is 1. The molecule has 0 radical (unpaired) electrons. The van der Waals surface area contributed by atoms with E-state index >= 15 is 0 Å². The van der Waals surface area contributed by atoms with E-state index in [2.05, 4.69) is 15.3 Å². The minimum atomic E-state index is -0.758. The van der Waals surface area contributed by atoms with Gasteiger partial charge in [0.2, 0.25) is 5.69 Å². The molecule has 1 saturated heterocycles. The van der Waals surface area contributed by atoms with Gasteiger partial charge in [0.1, 0.15) is 0 Å². The first-order valence-electron chi connectivity index (χ1n) is 6.94. The highest BCUT2D eigenvalue weighted by atomic mass is 16.5. The highest BCUT2D eigenvalue weighted by molar-refractivity contribution is 5.86. The maximum absolute atomic E-state index is 12.2. The maximum Gasteiger partial charge on any atom is 0.364 e. The molecule has 0 atom stereocenters. The highest BCUT2D eigenvalue weighted by Gasteiger charge is 2.21. The van der Waals surface area contributed by atoms with Gasteiger partial charge < -0.3 is 9.47 Å². The molecule has 0 unspecified atom stereocenters.